The largest absolute Gasteiger partial charge is 0.507 e. The van der Waals surface area contributed by atoms with Gasteiger partial charge in [0.25, 0.3) is 0 Å². The second kappa shape index (κ2) is 12.2. The number of phenols is 3. The minimum Gasteiger partial charge on any atom is -0.507 e. The lowest BCUT2D eigenvalue weighted by Crippen LogP contribution is -2.65. The van der Waals surface area contributed by atoms with Crippen LogP contribution >= 0.6 is 0 Å². The van der Waals surface area contributed by atoms with Gasteiger partial charge < -0.3 is 74.4 Å². The number of aromatic hydroxyl groups is 3. The molecule has 2 saturated heterocycles. The average molecular weight is 611 g/mol. The normalized spacial score (nSPS) is 33.0. The van der Waals surface area contributed by atoms with Crippen LogP contribution in [0.4, 0.5) is 0 Å². The molecule has 0 aliphatic carbocycles. The van der Waals surface area contributed by atoms with Crippen LogP contribution in [0, 0.1) is 0 Å². The maximum Gasteiger partial charge on any atom is 0.229 e. The fourth-order valence-corrected chi connectivity index (χ4v) is 4.91. The first-order chi connectivity index (χ1) is 20.4. The van der Waals surface area contributed by atoms with Crippen LogP contribution < -0.4 is 10.2 Å². The van der Waals surface area contributed by atoms with E-state index in [0.29, 0.717) is 0 Å². The lowest BCUT2D eigenvalue weighted by Gasteiger charge is -2.45. The lowest BCUT2D eigenvalue weighted by molar-refractivity contribution is -0.352. The van der Waals surface area contributed by atoms with Gasteiger partial charge in [-0.05, 0) is 18.2 Å². The summed E-state index contributed by atoms with van der Waals surface area (Å²) in [6, 6.07) is 6.98. The summed E-state index contributed by atoms with van der Waals surface area (Å²) in [7, 11) is 0. The third kappa shape index (κ3) is 5.85. The summed E-state index contributed by atoms with van der Waals surface area (Å²) >= 11 is 0. The molecule has 16 nitrogen and oxygen atoms in total. The molecule has 5 rings (SSSR count). The summed E-state index contributed by atoms with van der Waals surface area (Å²) in [4.78, 5) is 12.8. The van der Waals surface area contributed by atoms with E-state index < -0.39 is 97.3 Å². The zero-order valence-electron chi connectivity index (χ0n) is 22.1. The van der Waals surface area contributed by atoms with Gasteiger partial charge in [0.2, 0.25) is 6.29 Å². The number of benzene rings is 2. The number of ether oxygens (including phenoxy) is 4. The van der Waals surface area contributed by atoms with E-state index in [1.165, 1.54) is 18.2 Å². The van der Waals surface area contributed by atoms with E-state index in [4.69, 9.17) is 23.4 Å². The molecule has 234 valence electrons. The zero-order chi connectivity index (χ0) is 31.2. The third-order valence-electron chi connectivity index (χ3n) is 7.26. The van der Waals surface area contributed by atoms with Crippen molar-refractivity contribution in [3.63, 3.8) is 0 Å². The lowest BCUT2D eigenvalue weighted by atomic mass is 9.97. The zero-order valence-corrected chi connectivity index (χ0v) is 22.1. The number of aliphatic hydroxyl groups is 7. The number of rotatable bonds is 7. The Hall–Kier alpha value is -3.55. The topological polar surface area (TPSA) is 269 Å². The monoisotopic (exact) mass is 610 g/mol. The van der Waals surface area contributed by atoms with Crippen LogP contribution in [-0.4, -0.2) is 126 Å². The number of aliphatic hydroxyl groups excluding tert-OH is 7. The smallest absolute Gasteiger partial charge is 0.229 e. The second-order valence-corrected chi connectivity index (χ2v) is 10.1. The van der Waals surface area contributed by atoms with Gasteiger partial charge in [0, 0.05) is 23.8 Å². The van der Waals surface area contributed by atoms with Crippen LogP contribution in [0.3, 0.4) is 0 Å². The van der Waals surface area contributed by atoms with Gasteiger partial charge in [0.1, 0.15) is 77.1 Å². The fourth-order valence-electron chi connectivity index (χ4n) is 4.91. The van der Waals surface area contributed by atoms with Crippen molar-refractivity contribution < 1.29 is 74.4 Å². The van der Waals surface area contributed by atoms with Crippen molar-refractivity contribution in [2.24, 2.45) is 0 Å². The molecule has 0 saturated carbocycles. The van der Waals surface area contributed by atoms with Crippen molar-refractivity contribution in [3.8, 4) is 34.3 Å². The van der Waals surface area contributed by atoms with E-state index in [-0.39, 0.29) is 28.0 Å². The molecule has 2 fully saturated rings. The quantitative estimate of drug-likeness (QED) is 0.125. The van der Waals surface area contributed by atoms with Crippen molar-refractivity contribution >= 4 is 11.0 Å². The van der Waals surface area contributed by atoms with Gasteiger partial charge in [-0.1, -0.05) is 0 Å². The van der Waals surface area contributed by atoms with Crippen LogP contribution in [0.2, 0.25) is 0 Å². The first-order valence-corrected chi connectivity index (χ1v) is 13.0. The van der Waals surface area contributed by atoms with E-state index >= 15 is 0 Å². The van der Waals surface area contributed by atoms with E-state index in [0.717, 1.165) is 18.2 Å². The summed E-state index contributed by atoms with van der Waals surface area (Å²) in [6.45, 7) is -1.55. The molecule has 0 spiro atoms. The highest BCUT2D eigenvalue weighted by molar-refractivity contribution is 5.86. The van der Waals surface area contributed by atoms with E-state index in [2.05, 4.69) is 0 Å². The van der Waals surface area contributed by atoms with Crippen LogP contribution in [0.15, 0.2) is 45.6 Å². The second-order valence-electron chi connectivity index (χ2n) is 10.1. The van der Waals surface area contributed by atoms with Crippen LogP contribution in [0.25, 0.3) is 22.3 Å². The predicted molar refractivity (Wildman–Crippen MR) is 140 cm³/mol. The molecule has 3 aromatic rings. The Morgan fingerprint density at radius 1 is 0.698 bits per heavy atom. The van der Waals surface area contributed by atoms with Crippen LogP contribution in [-0.2, 0) is 14.2 Å². The van der Waals surface area contributed by atoms with Crippen molar-refractivity contribution in [2.45, 2.75) is 61.4 Å². The van der Waals surface area contributed by atoms with Crippen molar-refractivity contribution in [3.05, 3.63) is 46.6 Å². The van der Waals surface area contributed by atoms with Gasteiger partial charge in [-0.3, -0.25) is 4.79 Å². The highest BCUT2D eigenvalue weighted by atomic mass is 16.7. The van der Waals surface area contributed by atoms with Gasteiger partial charge in [0.15, 0.2) is 23.2 Å². The van der Waals surface area contributed by atoms with Gasteiger partial charge in [-0.15, -0.1) is 0 Å². The minimum absolute atomic E-state index is 0.0326. The SMILES string of the molecule is O=c1cc(-c2ccc(O)c(O)c2)oc2cc(O[C@H]3O[C@@H](CO)[C@@H](O)[C@@H](O[C@@H]4O[C@H](CO)[C@@H](O)[C@H](O)[C@H]4O)[C@H]3O)cc(O)c12. The molecule has 0 unspecified atom stereocenters. The molecule has 10 N–H and O–H groups in total. The molecule has 0 radical (unpaired) electrons. The number of fused-ring (bicyclic) bond motifs is 1. The molecule has 0 bridgehead atoms. The summed E-state index contributed by atoms with van der Waals surface area (Å²) in [5.41, 5.74) is -0.611. The van der Waals surface area contributed by atoms with Crippen molar-refractivity contribution in [2.75, 3.05) is 13.2 Å². The van der Waals surface area contributed by atoms with Gasteiger partial charge in [-0.25, -0.2) is 0 Å². The molecular formula is C27H30O16. The Balaban J connectivity index is 1.43. The van der Waals surface area contributed by atoms with Gasteiger partial charge >= 0.3 is 0 Å². The third-order valence-corrected chi connectivity index (χ3v) is 7.26. The molecule has 16 heteroatoms. The molecule has 2 aromatic carbocycles. The number of hydrogen-bond acceptors (Lipinski definition) is 16. The Morgan fingerprint density at radius 3 is 2.05 bits per heavy atom. The summed E-state index contributed by atoms with van der Waals surface area (Å²) in [6.07, 6.45) is -16.8. The Labute approximate surface area is 241 Å². The van der Waals surface area contributed by atoms with Crippen LogP contribution in [0.5, 0.6) is 23.0 Å². The molecule has 0 amide bonds. The fraction of sp³-hybridized carbons (Fsp3) is 0.444. The van der Waals surface area contributed by atoms with E-state index in [9.17, 15) is 55.9 Å². The van der Waals surface area contributed by atoms with E-state index in [1.54, 1.807) is 0 Å². The van der Waals surface area contributed by atoms with Gasteiger partial charge in [-0.2, -0.15) is 0 Å². The summed E-state index contributed by atoms with van der Waals surface area (Å²) in [5, 5.41) is 101. The molecule has 1 aromatic heterocycles. The Kier molecular flexibility index (Phi) is 8.77. The molecule has 43 heavy (non-hydrogen) atoms. The maximum atomic E-state index is 12.8. The molecule has 3 heterocycles. The molecule has 10 atom stereocenters. The van der Waals surface area contributed by atoms with Gasteiger partial charge in [0.05, 0.1) is 13.2 Å². The summed E-state index contributed by atoms with van der Waals surface area (Å²) in [5.74, 6) is -1.67. The van der Waals surface area contributed by atoms with Crippen LogP contribution in [0.1, 0.15) is 0 Å². The van der Waals surface area contributed by atoms with Crippen molar-refractivity contribution in [1.29, 1.82) is 0 Å². The highest BCUT2D eigenvalue weighted by Gasteiger charge is 2.51. The molecule has 2 aliphatic heterocycles. The Bertz CT molecular complexity index is 1510. The van der Waals surface area contributed by atoms with E-state index in [1.807, 2.05) is 0 Å². The number of hydrogen-bond donors (Lipinski definition) is 10. The molecular weight excluding hydrogens is 580 g/mol. The maximum absolute atomic E-state index is 12.8. The highest BCUT2D eigenvalue weighted by Crippen LogP contribution is 2.36. The molecule has 2 aliphatic rings. The first-order valence-electron chi connectivity index (χ1n) is 13.0. The standard InChI is InChI=1S/C27H30O16/c28-7-17-20(34)22(36)23(37)26(41-17)43-25-21(35)18(8-29)42-27(24(25)38)39-10-4-13(32)19-14(33)6-15(40-16(19)5-10)9-1-2-11(30)12(31)3-9/h1-6,17-18,20-32,34-38H,7-8H2/t17-,18+,20-,21-,22+,23-,24-,25-,26+,27+/m1/s1. The Morgan fingerprint density at radius 2 is 1.37 bits per heavy atom. The van der Waals surface area contributed by atoms with Crippen molar-refractivity contribution in [1.82, 2.24) is 0 Å². The summed E-state index contributed by atoms with van der Waals surface area (Å²) < 4.78 is 27.7. The first kappa shape index (κ1) is 30.9. The minimum atomic E-state index is -1.86. The average Bonchev–Trinajstić information content (AvgIpc) is 2.97. The number of phenolic OH excluding ortho intramolecular Hbond substituents is 3. The predicted octanol–water partition coefficient (Wildman–Crippen LogP) is -2.42.